The molecule has 0 fully saturated rings. The van der Waals surface area contributed by atoms with Crippen molar-refractivity contribution in [2.45, 2.75) is 37.4 Å². The minimum Gasteiger partial charge on any atom is -0.480 e. The maximum Gasteiger partial charge on any atom is 0.326 e. The van der Waals surface area contributed by atoms with E-state index in [1.165, 1.54) is 54.2 Å². The van der Waals surface area contributed by atoms with Crippen molar-refractivity contribution in [3.05, 3.63) is 149 Å². The molecule has 0 saturated heterocycles. The molecular weight excluding hydrogens is 726 g/mol. The summed E-state index contributed by atoms with van der Waals surface area (Å²) in [6, 6.07) is 21.8. The third-order valence-corrected chi connectivity index (χ3v) is 9.71. The molecule has 55 heavy (non-hydrogen) atoms. The molecule has 0 bridgehead atoms. The highest BCUT2D eigenvalue weighted by molar-refractivity contribution is 7.17. The van der Waals surface area contributed by atoms with Crippen LogP contribution in [0.5, 0.6) is 0 Å². The van der Waals surface area contributed by atoms with Crippen LogP contribution in [-0.4, -0.2) is 62.8 Å². The number of amides is 4. The number of H-pyrrole nitrogens is 1. The minimum absolute atomic E-state index is 0.0171. The lowest BCUT2D eigenvalue weighted by Gasteiger charge is -2.25. The molecule has 15 heteroatoms. The van der Waals surface area contributed by atoms with Crippen molar-refractivity contribution in [2.24, 2.45) is 0 Å². The first-order valence-electron chi connectivity index (χ1n) is 17.1. The Morgan fingerprint density at radius 2 is 1.45 bits per heavy atom. The number of hydrogen-bond acceptors (Lipinski definition) is 8. The SMILES string of the molecule is Nc1cc(NC(=O)c2ccc(F)cc2)cc(C(=O)N[C@@H](Cc2csc3ccccc23)C(=O)N[C@H](Cc2ccccc2)C(=O)N[C@@H](Cc2cnc[nH]2)C(=O)O)c1. The molecule has 2 heterocycles. The van der Waals surface area contributed by atoms with E-state index in [2.05, 4.69) is 31.2 Å². The van der Waals surface area contributed by atoms with Gasteiger partial charge < -0.3 is 37.1 Å². The van der Waals surface area contributed by atoms with E-state index < -0.39 is 53.5 Å². The summed E-state index contributed by atoms with van der Waals surface area (Å²) in [5.41, 5.74) is 8.62. The minimum atomic E-state index is -1.34. The Balaban J connectivity index is 1.26. The number of rotatable bonds is 15. The molecule has 8 N–H and O–H groups in total. The zero-order chi connectivity index (χ0) is 38.9. The van der Waals surface area contributed by atoms with E-state index in [-0.39, 0.29) is 41.8 Å². The number of carboxylic acids is 1. The lowest BCUT2D eigenvalue weighted by atomic mass is 10.0. The van der Waals surface area contributed by atoms with Crippen LogP contribution in [0, 0.1) is 5.82 Å². The molecule has 0 aliphatic heterocycles. The van der Waals surface area contributed by atoms with Gasteiger partial charge in [-0.15, -0.1) is 11.3 Å². The molecular formula is C40H36FN7O6S. The number of aromatic amines is 1. The van der Waals surface area contributed by atoms with Crippen LogP contribution in [0.2, 0.25) is 0 Å². The summed E-state index contributed by atoms with van der Waals surface area (Å²) in [5.74, 6) is -4.48. The molecule has 0 aliphatic rings. The Morgan fingerprint density at radius 3 is 2.16 bits per heavy atom. The molecule has 0 unspecified atom stereocenters. The van der Waals surface area contributed by atoms with Crippen molar-refractivity contribution < 1.29 is 33.5 Å². The number of fused-ring (bicyclic) bond motifs is 1. The van der Waals surface area contributed by atoms with Crippen LogP contribution in [0.4, 0.5) is 15.8 Å². The number of nitrogens with two attached hydrogens (primary N) is 1. The summed E-state index contributed by atoms with van der Waals surface area (Å²) in [6.45, 7) is 0. The van der Waals surface area contributed by atoms with Gasteiger partial charge in [-0.1, -0.05) is 48.5 Å². The average molecular weight is 762 g/mol. The van der Waals surface area contributed by atoms with Crippen molar-refractivity contribution in [3.63, 3.8) is 0 Å². The van der Waals surface area contributed by atoms with Gasteiger partial charge in [-0.05, 0) is 70.4 Å². The van der Waals surface area contributed by atoms with Gasteiger partial charge in [0.05, 0.1) is 6.33 Å². The molecule has 6 rings (SSSR count). The van der Waals surface area contributed by atoms with Gasteiger partial charge in [0.25, 0.3) is 11.8 Å². The van der Waals surface area contributed by atoms with E-state index in [1.807, 2.05) is 29.6 Å². The first-order chi connectivity index (χ1) is 26.5. The second kappa shape index (κ2) is 17.3. The van der Waals surface area contributed by atoms with E-state index in [1.54, 1.807) is 30.3 Å². The molecule has 13 nitrogen and oxygen atoms in total. The van der Waals surface area contributed by atoms with Crippen LogP contribution in [0.25, 0.3) is 10.1 Å². The zero-order valence-corrected chi connectivity index (χ0v) is 29.9. The van der Waals surface area contributed by atoms with Gasteiger partial charge in [0, 0.05) is 58.4 Å². The number of aliphatic carboxylic acids is 1. The fraction of sp³-hybridized carbons (Fsp3) is 0.150. The number of benzene rings is 4. The van der Waals surface area contributed by atoms with Crippen LogP contribution in [0.3, 0.4) is 0 Å². The first kappa shape index (κ1) is 37.9. The highest BCUT2D eigenvalue weighted by Gasteiger charge is 2.31. The lowest BCUT2D eigenvalue weighted by molar-refractivity contribution is -0.142. The highest BCUT2D eigenvalue weighted by atomic mass is 32.1. The molecule has 0 spiro atoms. The average Bonchev–Trinajstić information content (AvgIpc) is 3.84. The Morgan fingerprint density at radius 1 is 0.764 bits per heavy atom. The molecule has 0 saturated carbocycles. The van der Waals surface area contributed by atoms with Crippen LogP contribution in [0.1, 0.15) is 37.5 Å². The molecule has 0 aliphatic carbocycles. The van der Waals surface area contributed by atoms with Crippen LogP contribution in [0.15, 0.2) is 115 Å². The molecule has 2 aromatic heterocycles. The predicted molar refractivity (Wildman–Crippen MR) is 206 cm³/mol. The summed E-state index contributed by atoms with van der Waals surface area (Å²) in [6.07, 6.45) is 2.83. The number of nitrogens with zero attached hydrogens (tertiary/aromatic N) is 1. The third-order valence-electron chi connectivity index (χ3n) is 8.70. The van der Waals surface area contributed by atoms with Gasteiger partial charge in [0.1, 0.15) is 23.9 Å². The fourth-order valence-corrected chi connectivity index (χ4v) is 6.92. The van der Waals surface area contributed by atoms with Gasteiger partial charge in [-0.3, -0.25) is 19.2 Å². The van der Waals surface area contributed by atoms with Gasteiger partial charge in [0.2, 0.25) is 11.8 Å². The van der Waals surface area contributed by atoms with Crippen molar-refractivity contribution in [3.8, 4) is 0 Å². The number of halogens is 1. The van der Waals surface area contributed by atoms with Crippen molar-refractivity contribution in [2.75, 3.05) is 11.1 Å². The maximum absolute atomic E-state index is 14.3. The topological polar surface area (TPSA) is 208 Å². The number of anilines is 2. The summed E-state index contributed by atoms with van der Waals surface area (Å²) in [4.78, 5) is 73.7. The number of aromatic nitrogens is 2. The Hall–Kier alpha value is -6.87. The van der Waals surface area contributed by atoms with Gasteiger partial charge in [-0.2, -0.15) is 0 Å². The van der Waals surface area contributed by atoms with Crippen LogP contribution in [-0.2, 0) is 33.6 Å². The predicted octanol–water partition coefficient (Wildman–Crippen LogP) is 4.48. The number of nitrogen functional groups attached to an aromatic ring is 1. The number of thiophene rings is 1. The number of nitrogens with one attached hydrogen (secondary N) is 5. The lowest BCUT2D eigenvalue weighted by Crippen LogP contribution is -2.57. The zero-order valence-electron chi connectivity index (χ0n) is 29.1. The monoisotopic (exact) mass is 761 g/mol. The van der Waals surface area contributed by atoms with E-state index in [4.69, 9.17) is 5.73 Å². The molecule has 3 atom stereocenters. The third kappa shape index (κ3) is 9.97. The Kier molecular flexibility index (Phi) is 11.9. The van der Waals surface area contributed by atoms with Gasteiger partial charge in [0.15, 0.2) is 0 Å². The van der Waals surface area contributed by atoms with E-state index in [0.29, 0.717) is 11.3 Å². The van der Waals surface area contributed by atoms with Gasteiger partial charge >= 0.3 is 5.97 Å². The quantitative estimate of drug-likeness (QED) is 0.0741. The highest BCUT2D eigenvalue weighted by Crippen LogP contribution is 2.27. The normalized spacial score (nSPS) is 12.6. The van der Waals surface area contributed by atoms with Crippen molar-refractivity contribution >= 4 is 62.4 Å². The van der Waals surface area contributed by atoms with E-state index >= 15 is 0 Å². The summed E-state index contributed by atoms with van der Waals surface area (Å²) in [7, 11) is 0. The number of carboxylic acid groups (broad SMARTS) is 1. The summed E-state index contributed by atoms with van der Waals surface area (Å²) < 4.78 is 14.4. The number of imidazole rings is 1. The van der Waals surface area contributed by atoms with Crippen molar-refractivity contribution in [1.29, 1.82) is 0 Å². The molecule has 280 valence electrons. The second-order valence-corrected chi connectivity index (χ2v) is 13.6. The summed E-state index contributed by atoms with van der Waals surface area (Å²) >= 11 is 1.47. The van der Waals surface area contributed by atoms with E-state index in [0.717, 1.165) is 27.8 Å². The smallest absolute Gasteiger partial charge is 0.326 e. The molecule has 6 aromatic rings. The first-order valence-corrected chi connectivity index (χ1v) is 18.0. The van der Waals surface area contributed by atoms with Crippen LogP contribution < -0.4 is 27.0 Å². The Labute approximate surface area is 318 Å². The maximum atomic E-state index is 14.3. The number of hydrogen-bond donors (Lipinski definition) is 7. The van der Waals surface area contributed by atoms with Crippen LogP contribution >= 0.6 is 11.3 Å². The Bertz CT molecular complexity index is 2320. The van der Waals surface area contributed by atoms with E-state index in [9.17, 15) is 33.5 Å². The molecule has 4 aromatic carbocycles. The number of carbonyl (C=O) groups is 5. The standard InChI is InChI=1S/C40H36FN7O6S/c41-27-12-10-24(11-13-27)36(49)45-29-16-25(15-28(42)18-29)37(50)46-33(17-26-21-55-35-9-5-4-8-31(26)35)39(52)47-32(14-23-6-2-1-3-7-23)38(51)48-34(40(53)54)19-30-20-43-22-44-30/h1-13,15-16,18,20-22,32-34H,14,17,19,42H2,(H,43,44)(H,45,49)(H,46,50)(H,47,52)(H,48,51)(H,53,54)/t32-,33+,34+/m1/s1. The van der Waals surface area contributed by atoms with Crippen molar-refractivity contribution in [1.82, 2.24) is 25.9 Å². The largest absolute Gasteiger partial charge is 0.480 e. The molecule has 0 radical (unpaired) electrons. The van der Waals surface area contributed by atoms with Gasteiger partial charge in [-0.25, -0.2) is 14.2 Å². The number of carbonyl (C=O) groups excluding carboxylic acids is 4. The fourth-order valence-electron chi connectivity index (χ4n) is 5.94. The second-order valence-electron chi connectivity index (χ2n) is 12.7. The summed E-state index contributed by atoms with van der Waals surface area (Å²) in [5, 5.41) is 23.5. The molecule has 4 amide bonds.